The fraction of sp³-hybridized carbons (Fsp3) is 0.467. The zero-order chi connectivity index (χ0) is 15.9. The molecule has 0 bridgehead atoms. The van der Waals surface area contributed by atoms with E-state index in [2.05, 4.69) is 28.4 Å². The first-order valence-corrected chi connectivity index (χ1v) is 8.25. The van der Waals surface area contributed by atoms with Crippen molar-refractivity contribution in [2.45, 2.75) is 38.6 Å². The van der Waals surface area contributed by atoms with E-state index in [1.807, 2.05) is 0 Å². The van der Waals surface area contributed by atoms with Crippen molar-refractivity contribution in [3.63, 3.8) is 0 Å². The third-order valence-corrected chi connectivity index (χ3v) is 4.24. The van der Waals surface area contributed by atoms with Crippen LogP contribution in [0.1, 0.15) is 32.6 Å². The lowest BCUT2D eigenvalue weighted by Gasteiger charge is -2.30. The maximum absolute atomic E-state index is 12.8. The van der Waals surface area contributed by atoms with Gasteiger partial charge in [-0.15, -0.1) is 0 Å². The summed E-state index contributed by atoms with van der Waals surface area (Å²) in [4.78, 5) is 0. The van der Waals surface area contributed by atoms with Crippen LogP contribution in [0.25, 0.3) is 0 Å². The normalized spacial score (nSPS) is 20.8. The van der Waals surface area contributed by atoms with Crippen molar-refractivity contribution in [2.75, 3.05) is 5.32 Å². The summed E-state index contributed by atoms with van der Waals surface area (Å²) in [6, 6.07) is 6.38. The Labute approximate surface area is 141 Å². The highest BCUT2D eigenvalue weighted by molar-refractivity contribution is 7.80. The molecule has 1 saturated carbocycles. The minimum atomic E-state index is -0.283. The van der Waals surface area contributed by atoms with Gasteiger partial charge in [0.25, 0.3) is 0 Å². The molecule has 1 aliphatic carbocycles. The lowest BCUT2D eigenvalue weighted by Crippen LogP contribution is -2.52. The Morgan fingerprint density at radius 1 is 1.05 bits per heavy atom. The molecule has 0 aromatic heterocycles. The van der Waals surface area contributed by atoms with Gasteiger partial charge in [-0.3, -0.25) is 10.9 Å². The van der Waals surface area contributed by atoms with Crippen LogP contribution in [0.2, 0.25) is 0 Å². The third kappa shape index (κ3) is 5.38. The van der Waals surface area contributed by atoms with Crippen molar-refractivity contribution >= 4 is 40.3 Å². The lowest BCUT2D eigenvalue weighted by molar-refractivity contribution is 0.308. The average molecular weight is 340 g/mol. The molecule has 0 amide bonds. The fourth-order valence-corrected chi connectivity index (χ4v) is 2.92. The number of hydrogen-bond acceptors (Lipinski definition) is 2. The van der Waals surface area contributed by atoms with Crippen LogP contribution in [-0.2, 0) is 0 Å². The van der Waals surface area contributed by atoms with Crippen molar-refractivity contribution in [1.29, 1.82) is 0 Å². The van der Waals surface area contributed by atoms with E-state index in [4.69, 9.17) is 24.4 Å². The average Bonchev–Trinajstić information content (AvgIpc) is 2.50. The van der Waals surface area contributed by atoms with Crippen molar-refractivity contribution < 1.29 is 4.39 Å². The van der Waals surface area contributed by atoms with E-state index in [0.29, 0.717) is 27.9 Å². The summed E-state index contributed by atoms with van der Waals surface area (Å²) in [7, 11) is 0. The number of halogens is 1. The molecule has 2 atom stereocenters. The molecular weight excluding hydrogens is 319 g/mol. The van der Waals surface area contributed by atoms with E-state index in [1.54, 1.807) is 12.1 Å². The standard InChI is InChI=1S/C15H21FN4S2/c1-10-4-2-3-5-13(10)18-15(22)20-19-14(21)17-12-8-6-11(16)7-9-12/h6-10,13H,2-5H2,1H3,(H2,17,19,21)(H2,18,20,22)/t10-,13+/m1/s1. The van der Waals surface area contributed by atoms with Crippen LogP contribution in [0, 0.1) is 11.7 Å². The molecule has 1 aliphatic rings. The van der Waals surface area contributed by atoms with Gasteiger partial charge in [-0.05, 0) is 67.5 Å². The molecule has 1 fully saturated rings. The molecule has 22 heavy (non-hydrogen) atoms. The molecule has 0 radical (unpaired) electrons. The highest BCUT2D eigenvalue weighted by Crippen LogP contribution is 2.23. The number of hydrogen-bond donors (Lipinski definition) is 4. The van der Waals surface area contributed by atoms with Crippen LogP contribution in [0.5, 0.6) is 0 Å². The van der Waals surface area contributed by atoms with Crippen LogP contribution >= 0.6 is 24.4 Å². The van der Waals surface area contributed by atoms with Gasteiger partial charge >= 0.3 is 0 Å². The van der Waals surface area contributed by atoms with Crippen molar-refractivity contribution in [3.8, 4) is 0 Å². The molecule has 1 aromatic carbocycles. The Hall–Kier alpha value is -1.47. The molecule has 0 aliphatic heterocycles. The molecule has 7 heteroatoms. The van der Waals surface area contributed by atoms with Crippen LogP contribution in [0.4, 0.5) is 10.1 Å². The third-order valence-electron chi connectivity index (χ3n) is 3.82. The first kappa shape index (κ1) is 16.9. The number of hydrazine groups is 1. The van der Waals surface area contributed by atoms with E-state index in [-0.39, 0.29) is 5.82 Å². The van der Waals surface area contributed by atoms with Crippen molar-refractivity contribution in [2.24, 2.45) is 5.92 Å². The number of rotatable bonds is 2. The van der Waals surface area contributed by atoms with E-state index < -0.39 is 0 Å². The summed E-state index contributed by atoms with van der Waals surface area (Å²) >= 11 is 10.4. The highest BCUT2D eigenvalue weighted by atomic mass is 32.1. The topological polar surface area (TPSA) is 48.1 Å². The van der Waals surface area contributed by atoms with E-state index >= 15 is 0 Å². The molecule has 4 N–H and O–H groups in total. The molecule has 0 spiro atoms. The Morgan fingerprint density at radius 2 is 1.68 bits per heavy atom. The number of nitrogens with one attached hydrogen (secondary N) is 4. The van der Waals surface area contributed by atoms with Crippen LogP contribution in [0.15, 0.2) is 24.3 Å². The van der Waals surface area contributed by atoms with E-state index in [9.17, 15) is 4.39 Å². The summed E-state index contributed by atoms with van der Waals surface area (Å²) in [5, 5.41) is 7.15. The second kappa shape index (κ2) is 8.24. The molecule has 120 valence electrons. The Bertz CT molecular complexity index is 521. The molecule has 0 saturated heterocycles. The van der Waals surface area contributed by atoms with Crippen LogP contribution in [0.3, 0.4) is 0 Å². The lowest BCUT2D eigenvalue weighted by atomic mass is 9.86. The van der Waals surface area contributed by atoms with Crippen molar-refractivity contribution in [3.05, 3.63) is 30.1 Å². The van der Waals surface area contributed by atoms with Gasteiger partial charge in [-0.2, -0.15) is 0 Å². The quantitative estimate of drug-likeness (QED) is 0.490. The number of benzene rings is 1. The summed E-state index contributed by atoms with van der Waals surface area (Å²) in [5.41, 5.74) is 6.41. The molecule has 1 aromatic rings. The van der Waals surface area contributed by atoms with Gasteiger partial charge in [0.1, 0.15) is 5.82 Å². The van der Waals surface area contributed by atoms with Gasteiger partial charge in [-0.1, -0.05) is 19.8 Å². The molecular formula is C15H21FN4S2. The minimum Gasteiger partial charge on any atom is -0.358 e. The second-order valence-corrected chi connectivity index (χ2v) is 6.37. The first-order chi connectivity index (χ1) is 10.5. The van der Waals surface area contributed by atoms with Crippen LogP contribution < -0.4 is 21.5 Å². The van der Waals surface area contributed by atoms with Crippen LogP contribution in [-0.4, -0.2) is 16.3 Å². The zero-order valence-electron chi connectivity index (χ0n) is 12.5. The van der Waals surface area contributed by atoms with Gasteiger partial charge in [0.05, 0.1) is 0 Å². The number of thiocarbonyl (C=S) groups is 2. The Kier molecular flexibility index (Phi) is 6.33. The van der Waals surface area contributed by atoms with Gasteiger partial charge in [-0.25, -0.2) is 4.39 Å². The molecule has 0 heterocycles. The molecule has 0 unspecified atom stereocenters. The second-order valence-electron chi connectivity index (χ2n) is 5.55. The maximum Gasteiger partial charge on any atom is 0.189 e. The summed E-state index contributed by atoms with van der Waals surface area (Å²) in [6.07, 6.45) is 4.91. The predicted octanol–water partition coefficient (Wildman–Crippen LogP) is 3.07. The maximum atomic E-state index is 12.8. The van der Waals surface area contributed by atoms with E-state index in [1.165, 1.54) is 31.4 Å². The van der Waals surface area contributed by atoms with E-state index in [0.717, 1.165) is 6.42 Å². The smallest absolute Gasteiger partial charge is 0.189 e. The molecule has 4 nitrogen and oxygen atoms in total. The Morgan fingerprint density at radius 3 is 2.36 bits per heavy atom. The number of anilines is 1. The Balaban J connectivity index is 1.71. The fourth-order valence-electron chi connectivity index (χ4n) is 2.54. The van der Waals surface area contributed by atoms with Gasteiger partial charge in [0.15, 0.2) is 10.2 Å². The highest BCUT2D eigenvalue weighted by Gasteiger charge is 2.21. The minimum absolute atomic E-state index is 0.283. The van der Waals surface area contributed by atoms with Gasteiger partial charge in [0.2, 0.25) is 0 Å². The zero-order valence-corrected chi connectivity index (χ0v) is 14.1. The summed E-state index contributed by atoms with van der Waals surface area (Å²) in [6.45, 7) is 2.24. The van der Waals surface area contributed by atoms with Gasteiger partial charge < -0.3 is 10.6 Å². The molecule has 2 rings (SSSR count). The van der Waals surface area contributed by atoms with Gasteiger partial charge in [0, 0.05) is 11.7 Å². The first-order valence-electron chi connectivity index (χ1n) is 7.43. The predicted molar refractivity (Wildman–Crippen MR) is 96.0 cm³/mol. The monoisotopic (exact) mass is 340 g/mol. The summed E-state index contributed by atoms with van der Waals surface area (Å²) in [5.74, 6) is 0.340. The largest absolute Gasteiger partial charge is 0.358 e. The summed E-state index contributed by atoms with van der Waals surface area (Å²) < 4.78 is 12.8. The SMILES string of the molecule is C[C@@H]1CCCC[C@@H]1NC(=S)NNC(=S)Nc1ccc(F)cc1. The van der Waals surface area contributed by atoms with Crippen molar-refractivity contribution in [1.82, 2.24) is 16.2 Å².